The molecule has 1 N–H and O–H groups in total. The number of halogens is 1. The second-order valence-electron chi connectivity index (χ2n) is 4.67. The SMILES string of the molecule is C#CCOc1ccc(C=NNC(=O)c2cccnc2Cl)cc1OCC. The highest BCUT2D eigenvalue weighted by molar-refractivity contribution is 6.32. The van der Waals surface area contributed by atoms with Gasteiger partial charge >= 0.3 is 0 Å². The Kier molecular flexibility index (Phi) is 6.81. The zero-order valence-electron chi connectivity index (χ0n) is 13.5. The molecule has 1 aromatic heterocycles. The van der Waals surface area contributed by atoms with E-state index < -0.39 is 5.91 Å². The summed E-state index contributed by atoms with van der Waals surface area (Å²) in [6.45, 7) is 2.49. The summed E-state index contributed by atoms with van der Waals surface area (Å²) in [6.07, 6.45) is 8.18. The topological polar surface area (TPSA) is 72.8 Å². The summed E-state index contributed by atoms with van der Waals surface area (Å²) in [5.41, 5.74) is 3.36. The monoisotopic (exact) mass is 357 g/mol. The molecular formula is C18H16ClN3O3. The van der Waals surface area contributed by atoms with E-state index in [0.717, 1.165) is 0 Å². The van der Waals surface area contributed by atoms with E-state index in [1.807, 2.05) is 6.92 Å². The molecule has 6 nitrogen and oxygen atoms in total. The van der Waals surface area contributed by atoms with Crippen molar-refractivity contribution >= 4 is 23.7 Å². The van der Waals surface area contributed by atoms with Crippen LogP contribution in [0.1, 0.15) is 22.8 Å². The van der Waals surface area contributed by atoms with Crippen LogP contribution in [0.25, 0.3) is 0 Å². The van der Waals surface area contributed by atoms with Gasteiger partial charge in [0.15, 0.2) is 11.5 Å². The first-order chi connectivity index (χ1) is 12.2. The summed E-state index contributed by atoms with van der Waals surface area (Å²) in [6, 6.07) is 8.41. The molecule has 2 aromatic rings. The maximum Gasteiger partial charge on any atom is 0.274 e. The number of nitrogens with one attached hydrogen (secondary N) is 1. The maximum absolute atomic E-state index is 12.0. The van der Waals surface area contributed by atoms with Gasteiger partial charge < -0.3 is 9.47 Å². The molecule has 0 fully saturated rings. The molecule has 0 radical (unpaired) electrons. The van der Waals surface area contributed by atoms with Crippen molar-refractivity contribution in [3.05, 3.63) is 52.8 Å². The average molecular weight is 358 g/mol. The van der Waals surface area contributed by atoms with E-state index >= 15 is 0 Å². The van der Waals surface area contributed by atoms with Gasteiger partial charge in [0, 0.05) is 6.20 Å². The molecule has 1 amide bonds. The molecule has 1 aromatic carbocycles. The molecular weight excluding hydrogens is 342 g/mol. The van der Waals surface area contributed by atoms with Gasteiger partial charge in [0.05, 0.1) is 18.4 Å². The second kappa shape index (κ2) is 9.30. The number of ether oxygens (including phenoxy) is 2. The molecule has 0 aliphatic carbocycles. The third-order valence-electron chi connectivity index (χ3n) is 2.96. The molecule has 0 saturated carbocycles. The van der Waals surface area contributed by atoms with E-state index in [2.05, 4.69) is 21.4 Å². The van der Waals surface area contributed by atoms with Gasteiger partial charge in [-0.15, -0.1) is 6.42 Å². The van der Waals surface area contributed by atoms with Crippen LogP contribution in [0.3, 0.4) is 0 Å². The highest BCUT2D eigenvalue weighted by Gasteiger charge is 2.09. The lowest BCUT2D eigenvalue weighted by Crippen LogP contribution is -2.18. The molecule has 7 heteroatoms. The van der Waals surface area contributed by atoms with Crippen LogP contribution in [0.15, 0.2) is 41.6 Å². The van der Waals surface area contributed by atoms with Crippen LogP contribution < -0.4 is 14.9 Å². The van der Waals surface area contributed by atoms with Crippen LogP contribution in [0.4, 0.5) is 0 Å². The van der Waals surface area contributed by atoms with Crippen LogP contribution in [0.5, 0.6) is 11.5 Å². The third-order valence-corrected chi connectivity index (χ3v) is 3.26. The van der Waals surface area contributed by atoms with Gasteiger partial charge in [-0.3, -0.25) is 4.79 Å². The van der Waals surface area contributed by atoms with Crippen molar-refractivity contribution in [2.45, 2.75) is 6.92 Å². The maximum atomic E-state index is 12.0. The predicted molar refractivity (Wildman–Crippen MR) is 96.2 cm³/mol. The minimum Gasteiger partial charge on any atom is -0.490 e. The number of hydrogen-bond donors (Lipinski definition) is 1. The van der Waals surface area contributed by atoms with Gasteiger partial charge in [0.2, 0.25) is 0 Å². The van der Waals surface area contributed by atoms with E-state index in [1.165, 1.54) is 12.4 Å². The normalized spacial score (nSPS) is 10.3. The Morgan fingerprint density at radius 1 is 1.40 bits per heavy atom. The number of carbonyl (C=O) groups is 1. The number of rotatable bonds is 7. The molecule has 0 aliphatic rings. The summed E-state index contributed by atoms with van der Waals surface area (Å²) in [4.78, 5) is 15.8. The number of aromatic nitrogens is 1. The van der Waals surface area contributed by atoms with Gasteiger partial charge in [-0.2, -0.15) is 5.10 Å². The van der Waals surface area contributed by atoms with Gasteiger partial charge in [-0.1, -0.05) is 17.5 Å². The van der Waals surface area contributed by atoms with Gasteiger partial charge in [-0.25, -0.2) is 10.4 Å². The van der Waals surface area contributed by atoms with Crippen molar-refractivity contribution in [3.63, 3.8) is 0 Å². The number of pyridine rings is 1. The van der Waals surface area contributed by atoms with Gasteiger partial charge in [0.25, 0.3) is 5.91 Å². The van der Waals surface area contributed by atoms with E-state index in [1.54, 1.807) is 30.3 Å². The van der Waals surface area contributed by atoms with Gasteiger partial charge in [-0.05, 0) is 42.8 Å². The van der Waals surface area contributed by atoms with E-state index in [-0.39, 0.29) is 17.3 Å². The number of benzene rings is 1. The van der Waals surface area contributed by atoms with Gasteiger partial charge in [0.1, 0.15) is 11.8 Å². The van der Waals surface area contributed by atoms with Crippen molar-refractivity contribution in [1.82, 2.24) is 10.4 Å². The lowest BCUT2D eigenvalue weighted by molar-refractivity contribution is 0.0955. The largest absolute Gasteiger partial charge is 0.490 e. The molecule has 1 heterocycles. The van der Waals surface area contributed by atoms with Crippen LogP contribution in [-0.4, -0.2) is 30.3 Å². The molecule has 25 heavy (non-hydrogen) atoms. The summed E-state index contributed by atoms with van der Waals surface area (Å²) in [5.74, 6) is 3.04. The standard InChI is InChI=1S/C18H16ClN3O3/c1-3-10-25-15-8-7-13(11-16(15)24-4-2)12-21-22-18(23)14-6-5-9-20-17(14)19/h1,5-9,11-12H,4,10H2,2H3,(H,22,23). The predicted octanol–water partition coefficient (Wildman–Crippen LogP) is 2.91. The molecule has 0 bridgehead atoms. The van der Waals surface area contributed by atoms with Crippen molar-refractivity contribution in [2.24, 2.45) is 5.10 Å². The Morgan fingerprint density at radius 2 is 2.24 bits per heavy atom. The quantitative estimate of drug-likeness (QED) is 0.358. The molecule has 0 saturated heterocycles. The molecule has 2 rings (SSSR count). The van der Waals surface area contributed by atoms with Crippen molar-refractivity contribution in [3.8, 4) is 23.8 Å². The number of hydrogen-bond acceptors (Lipinski definition) is 5. The fourth-order valence-corrected chi connectivity index (χ4v) is 2.10. The van der Waals surface area contributed by atoms with Crippen molar-refractivity contribution in [1.29, 1.82) is 0 Å². The zero-order valence-corrected chi connectivity index (χ0v) is 14.3. The fraction of sp³-hybridized carbons (Fsp3) is 0.167. The number of hydrazone groups is 1. The van der Waals surface area contributed by atoms with Crippen molar-refractivity contribution in [2.75, 3.05) is 13.2 Å². The minimum absolute atomic E-state index is 0.115. The summed E-state index contributed by atoms with van der Waals surface area (Å²) in [7, 11) is 0. The Bertz CT molecular complexity index is 815. The number of terminal acetylenes is 1. The lowest BCUT2D eigenvalue weighted by atomic mass is 10.2. The minimum atomic E-state index is -0.451. The first-order valence-corrected chi connectivity index (χ1v) is 7.80. The highest BCUT2D eigenvalue weighted by atomic mass is 35.5. The lowest BCUT2D eigenvalue weighted by Gasteiger charge is -2.10. The number of amides is 1. The van der Waals surface area contributed by atoms with Crippen LogP contribution >= 0.6 is 11.6 Å². The number of nitrogens with zero attached hydrogens (tertiary/aromatic N) is 2. The van der Waals surface area contributed by atoms with Crippen LogP contribution in [-0.2, 0) is 0 Å². The molecule has 0 spiro atoms. The molecule has 128 valence electrons. The Hall–Kier alpha value is -3.04. The molecule has 0 aliphatic heterocycles. The van der Waals surface area contributed by atoms with Crippen LogP contribution in [0.2, 0.25) is 5.15 Å². The summed E-state index contributed by atoms with van der Waals surface area (Å²) >= 11 is 5.86. The zero-order chi connectivity index (χ0) is 18.1. The third kappa shape index (κ3) is 5.23. The Labute approximate surface area is 150 Å². The van der Waals surface area contributed by atoms with E-state index in [4.69, 9.17) is 27.5 Å². The van der Waals surface area contributed by atoms with E-state index in [0.29, 0.717) is 23.7 Å². The van der Waals surface area contributed by atoms with Crippen molar-refractivity contribution < 1.29 is 14.3 Å². The average Bonchev–Trinajstić information content (AvgIpc) is 2.61. The van der Waals surface area contributed by atoms with E-state index in [9.17, 15) is 4.79 Å². The Morgan fingerprint density at radius 3 is 2.96 bits per heavy atom. The summed E-state index contributed by atoms with van der Waals surface area (Å²) < 4.78 is 10.9. The fourth-order valence-electron chi connectivity index (χ4n) is 1.89. The molecule has 0 unspecified atom stereocenters. The highest BCUT2D eigenvalue weighted by Crippen LogP contribution is 2.27. The smallest absolute Gasteiger partial charge is 0.274 e. The van der Waals surface area contributed by atoms with Crippen LogP contribution in [0, 0.1) is 12.3 Å². The first kappa shape index (κ1) is 18.3. The summed E-state index contributed by atoms with van der Waals surface area (Å²) in [5, 5.41) is 4.03. The number of carbonyl (C=O) groups excluding carboxylic acids is 1. The second-order valence-corrected chi connectivity index (χ2v) is 5.03. The molecule has 0 atom stereocenters. The first-order valence-electron chi connectivity index (χ1n) is 7.42. The Balaban J connectivity index is 2.07.